The van der Waals surface area contributed by atoms with Crippen LogP contribution in [0.1, 0.15) is 97.8 Å². The minimum Gasteiger partial charge on any atom is -0.444 e. The van der Waals surface area contributed by atoms with Gasteiger partial charge in [-0.1, -0.05) is 32.1 Å². The van der Waals surface area contributed by atoms with Crippen molar-refractivity contribution in [3.8, 4) is 0 Å². The molecule has 0 radical (unpaired) electrons. The Bertz CT molecular complexity index is 1380. The maximum Gasteiger partial charge on any atom is 0.407 e. The van der Waals surface area contributed by atoms with Gasteiger partial charge >= 0.3 is 6.09 Å². The van der Waals surface area contributed by atoms with Crippen molar-refractivity contribution in [2.75, 3.05) is 26.2 Å². The van der Waals surface area contributed by atoms with Gasteiger partial charge in [-0.15, -0.1) is 0 Å². The second kappa shape index (κ2) is 14.8. The van der Waals surface area contributed by atoms with E-state index in [9.17, 15) is 14.4 Å². The van der Waals surface area contributed by atoms with Crippen LogP contribution in [0, 0.1) is 29.6 Å². The van der Waals surface area contributed by atoms with Crippen LogP contribution in [0.25, 0.3) is 0 Å². The monoisotopic (exact) mass is 713 g/mol. The Balaban J connectivity index is 1.10. The molecule has 6 fully saturated rings. The van der Waals surface area contributed by atoms with E-state index in [4.69, 9.17) is 20.9 Å². The number of ketones is 1. The summed E-state index contributed by atoms with van der Waals surface area (Å²) in [5, 5.41) is 6.09. The van der Waals surface area contributed by atoms with E-state index in [2.05, 4.69) is 25.4 Å². The summed E-state index contributed by atoms with van der Waals surface area (Å²) < 4.78 is 29.2. The number of morpholine rings is 1. The van der Waals surface area contributed by atoms with Crippen molar-refractivity contribution in [1.82, 2.24) is 20.4 Å². The topological polar surface area (TPSA) is 165 Å². The Hall–Kier alpha value is -2.93. The van der Waals surface area contributed by atoms with E-state index in [0.29, 0.717) is 50.4 Å². The molecule has 12 atom stereocenters. The Morgan fingerprint density at radius 1 is 1.00 bits per heavy atom. The zero-order valence-corrected chi connectivity index (χ0v) is 30.7. The van der Waals surface area contributed by atoms with Gasteiger partial charge in [-0.05, 0) is 89.4 Å². The zero-order chi connectivity index (χ0) is 36.0. The number of hydrogen-bond donors (Lipinski definition) is 4. The van der Waals surface area contributed by atoms with Crippen molar-refractivity contribution in [2.24, 2.45) is 46.0 Å². The molecule has 51 heavy (non-hydrogen) atoms. The predicted molar refractivity (Wildman–Crippen MR) is 191 cm³/mol. The third-order valence-corrected chi connectivity index (χ3v) is 13.0. The summed E-state index contributed by atoms with van der Waals surface area (Å²) in [6.45, 7) is 7.68. The number of aliphatic imine (C=N–C) groups is 1. The van der Waals surface area contributed by atoms with E-state index in [1.807, 2.05) is 27.0 Å². The number of alkyl halides is 1. The van der Waals surface area contributed by atoms with Gasteiger partial charge in [0.15, 0.2) is 11.7 Å². The van der Waals surface area contributed by atoms with Crippen LogP contribution in [-0.2, 0) is 19.1 Å². The van der Waals surface area contributed by atoms with Crippen molar-refractivity contribution in [2.45, 2.75) is 146 Å². The summed E-state index contributed by atoms with van der Waals surface area (Å²) in [6.07, 6.45) is 11.0. The van der Waals surface area contributed by atoms with Crippen LogP contribution in [0.2, 0.25) is 0 Å². The molecule has 284 valence electrons. The lowest BCUT2D eigenvalue weighted by atomic mass is 9.64. The van der Waals surface area contributed by atoms with Crippen LogP contribution in [0.15, 0.2) is 16.8 Å². The summed E-state index contributed by atoms with van der Waals surface area (Å²) in [4.78, 5) is 49.3. The van der Waals surface area contributed by atoms with Gasteiger partial charge in [-0.2, -0.15) is 0 Å². The maximum absolute atomic E-state index is 16.7. The van der Waals surface area contributed by atoms with E-state index in [-0.39, 0.29) is 59.8 Å². The molecular formula is C38H60FN7O5. The zero-order valence-electron chi connectivity index (χ0n) is 30.7. The summed E-state index contributed by atoms with van der Waals surface area (Å²) in [5.74, 6) is 0.659. The maximum atomic E-state index is 16.7. The van der Waals surface area contributed by atoms with Crippen molar-refractivity contribution >= 4 is 23.7 Å². The van der Waals surface area contributed by atoms with Crippen LogP contribution >= 0.6 is 0 Å². The van der Waals surface area contributed by atoms with Crippen LogP contribution in [-0.4, -0.2) is 108 Å². The lowest BCUT2D eigenvalue weighted by Crippen LogP contribution is -2.73. The van der Waals surface area contributed by atoms with Gasteiger partial charge in [-0.3, -0.25) is 19.5 Å². The highest BCUT2D eigenvalue weighted by atomic mass is 19.1. The van der Waals surface area contributed by atoms with Crippen LogP contribution in [0.5, 0.6) is 0 Å². The van der Waals surface area contributed by atoms with E-state index < -0.39 is 35.9 Å². The van der Waals surface area contributed by atoms with Gasteiger partial charge < -0.3 is 36.5 Å². The fourth-order valence-corrected chi connectivity index (χ4v) is 10.8. The minimum absolute atomic E-state index is 0.0499. The predicted octanol–water partition coefficient (Wildman–Crippen LogP) is 3.38. The summed E-state index contributed by atoms with van der Waals surface area (Å²) in [6, 6.07) is -0.987. The molecule has 6 N–H and O–H groups in total. The molecule has 13 heteroatoms. The highest BCUT2D eigenvalue weighted by Gasteiger charge is 2.61. The molecule has 2 amide bonds. The molecule has 0 aromatic heterocycles. The van der Waals surface area contributed by atoms with Crippen molar-refractivity contribution in [1.29, 1.82) is 0 Å². The third-order valence-electron chi connectivity index (χ3n) is 13.0. The number of amides is 2. The molecule has 12 nitrogen and oxygen atoms in total. The first-order valence-electron chi connectivity index (χ1n) is 19.7. The van der Waals surface area contributed by atoms with Gasteiger partial charge in [0.2, 0.25) is 0 Å². The molecule has 0 bridgehead atoms. The van der Waals surface area contributed by atoms with Gasteiger partial charge in [-0.25, -0.2) is 9.18 Å². The number of nitrogens with one attached hydrogen (secondary N) is 2. The molecule has 2 saturated heterocycles. The minimum atomic E-state index is -1.31. The number of nitrogens with two attached hydrogens (primary N) is 2. The molecule has 3 aliphatic heterocycles. The van der Waals surface area contributed by atoms with Crippen LogP contribution in [0.4, 0.5) is 9.18 Å². The number of halogens is 1. The number of ether oxygens (including phenoxy) is 2. The summed E-state index contributed by atoms with van der Waals surface area (Å²) in [7, 11) is 0. The quantitative estimate of drug-likeness (QED) is 0.176. The molecule has 7 aliphatic rings. The molecule has 12 unspecified atom stereocenters. The average molecular weight is 714 g/mol. The number of likely N-dealkylation sites (tertiary alicyclic amines) is 1. The second-order valence-electron chi connectivity index (χ2n) is 17.7. The van der Waals surface area contributed by atoms with Gasteiger partial charge in [0.25, 0.3) is 5.91 Å². The number of nitrogens with zero attached hydrogens (tertiary/aromatic N) is 3. The normalized spacial score (nSPS) is 39.5. The smallest absolute Gasteiger partial charge is 0.407 e. The van der Waals surface area contributed by atoms with Crippen LogP contribution < -0.4 is 22.1 Å². The largest absolute Gasteiger partial charge is 0.444 e. The third kappa shape index (κ3) is 7.89. The fraction of sp³-hybridized carbons (Fsp3) is 0.842. The van der Waals surface area contributed by atoms with Crippen LogP contribution in [0.3, 0.4) is 0 Å². The molecule has 4 saturated carbocycles. The van der Waals surface area contributed by atoms with Gasteiger partial charge in [0, 0.05) is 44.3 Å². The first-order chi connectivity index (χ1) is 24.3. The van der Waals surface area contributed by atoms with E-state index in [1.165, 1.54) is 25.7 Å². The summed E-state index contributed by atoms with van der Waals surface area (Å²) >= 11 is 0. The van der Waals surface area contributed by atoms with E-state index >= 15 is 4.39 Å². The lowest BCUT2D eigenvalue weighted by Gasteiger charge is -2.61. The number of carbonyl (C=O) groups excluding carboxylic acids is 3. The highest BCUT2D eigenvalue weighted by molar-refractivity contribution is 6.20. The first-order valence-corrected chi connectivity index (χ1v) is 19.7. The number of alkyl carbamates (subject to hydrolysis) is 1. The standard InChI is InChI=1S/C38H60FN7O5/c1-38(2,3)51-37(49)44-25-11-12-45(19-25)32-28(39)16-26-31-34(32)50-30-15-24-10-5-4-9-23(24)14-29(30)46(31)20-27(33(26)47)35(48)42-17-21-7-6-8-22(13-21)18-43-36(40)41/h20-26,28-32,34H,4-19H2,1-3H3,(H,42,48)(H,44,49)(H4,40,41,43). The lowest BCUT2D eigenvalue weighted by molar-refractivity contribution is -0.219. The molecule has 4 aliphatic carbocycles. The number of guanidine groups is 1. The average Bonchev–Trinajstić information content (AvgIpc) is 3.53. The molecular weight excluding hydrogens is 653 g/mol. The first kappa shape index (κ1) is 36.4. The van der Waals surface area contributed by atoms with E-state index in [0.717, 1.165) is 38.5 Å². The Labute approximate surface area is 302 Å². The second-order valence-corrected chi connectivity index (χ2v) is 17.7. The molecule has 0 aromatic rings. The summed E-state index contributed by atoms with van der Waals surface area (Å²) in [5.41, 5.74) is 10.7. The fourth-order valence-electron chi connectivity index (χ4n) is 10.8. The Morgan fingerprint density at radius 2 is 1.75 bits per heavy atom. The Morgan fingerprint density at radius 3 is 2.49 bits per heavy atom. The molecule has 7 rings (SSSR count). The number of rotatable bonds is 7. The highest BCUT2D eigenvalue weighted by Crippen LogP contribution is 2.51. The molecule has 3 heterocycles. The SMILES string of the molecule is CC(C)(C)OC(=O)NC1CCN(C2C(F)CC3C(=O)C(C(=O)NCC4CCCC(CN=C(N)N)C4)=CN4C5CC6CCCCC6CC5OC2C34)C1. The van der Waals surface area contributed by atoms with Crippen molar-refractivity contribution < 1.29 is 28.2 Å². The van der Waals surface area contributed by atoms with Gasteiger partial charge in [0.1, 0.15) is 11.8 Å². The van der Waals surface area contributed by atoms with Crippen molar-refractivity contribution in [3.63, 3.8) is 0 Å². The van der Waals surface area contributed by atoms with Crippen molar-refractivity contribution in [3.05, 3.63) is 11.8 Å². The molecule has 0 aromatic carbocycles. The van der Waals surface area contributed by atoms with Gasteiger partial charge in [0.05, 0.1) is 35.9 Å². The number of Topliss-reactive ketones (excluding diaryl/α,β-unsaturated/α-hetero) is 1. The number of fused-ring (bicyclic) bond motifs is 3. The van der Waals surface area contributed by atoms with E-state index in [1.54, 1.807) is 0 Å². The Kier molecular flexibility index (Phi) is 10.6. The molecule has 0 spiro atoms. The number of carbonyl (C=O) groups is 3. The number of hydrogen-bond acceptors (Lipinski definition) is 8.